The highest BCUT2D eigenvalue weighted by atomic mass is 32.2. The fourth-order valence-corrected chi connectivity index (χ4v) is 5.25. The SMILES string of the molecule is Cc1ccc2nc(NC(=O)CSc3nnc(Cc4cc(=O)[nH]c(=O)[nH]4)n3-c3ccccc3)sc2c1. The molecule has 176 valence electrons. The Hall–Kier alpha value is -4.03. The number of rotatable bonds is 7. The van der Waals surface area contributed by atoms with Gasteiger partial charge in [0.05, 0.1) is 16.0 Å². The zero-order valence-corrected chi connectivity index (χ0v) is 20.1. The Balaban J connectivity index is 1.36. The Labute approximate surface area is 206 Å². The van der Waals surface area contributed by atoms with Crippen LogP contribution in [0.15, 0.2) is 69.3 Å². The van der Waals surface area contributed by atoms with Gasteiger partial charge in [0.1, 0.15) is 5.82 Å². The molecule has 0 unspecified atom stereocenters. The number of aryl methyl sites for hydroxylation is 1. The van der Waals surface area contributed by atoms with Crippen LogP contribution in [-0.4, -0.2) is 41.4 Å². The molecule has 0 spiro atoms. The van der Waals surface area contributed by atoms with Gasteiger partial charge in [0.25, 0.3) is 5.56 Å². The van der Waals surface area contributed by atoms with E-state index in [4.69, 9.17) is 0 Å². The topological polar surface area (TPSA) is 138 Å². The molecule has 3 N–H and O–H groups in total. The molecule has 5 rings (SSSR count). The lowest BCUT2D eigenvalue weighted by Crippen LogP contribution is -2.23. The van der Waals surface area contributed by atoms with Crippen molar-refractivity contribution in [3.8, 4) is 5.69 Å². The zero-order valence-electron chi connectivity index (χ0n) is 18.4. The van der Waals surface area contributed by atoms with E-state index < -0.39 is 11.2 Å². The summed E-state index contributed by atoms with van der Waals surface area (Å²) in [5.41, 5.74) is 2.10. The molecule has 1 amide bonds. The van der Waals surface area contributed by atoms with Crippen LogP contribution in [-0.2, 0) is 11.2 Å². The predicted molar refractivity (Wildman–Crippen MR) is 136 cm³/mol. The molecule has 0 atom stereocenters. The van der Waals surface area contributed by atoms with Crippen molar-refractivity contribution >= 4 is 44.4 Å². The Morgan fingerprint density at radius 3 is 2.71 bits per heavy atom. The van der Waals surface area contributed by atoms with E-state index >= 15 is 0 Å². The van der Waals surface area contributed by atoms with Gasteiger partial charge < -0.3 is 10.3 Å². The normalized spacial score (nSPS) is 11.1. The number of hydrogen-bond donors (Lipinski definition) is 3. The highest BCUT2D eigenvalue weighted by Crippen LogP contribution is 2.27. The summed E-state index contributed by atoms with van der Waals surface area (Å²) in [7, 11) is 0. The van der Waals surface area contributed by atoms with E-state index in [1.165, 1.54) is 29.2 Å². The molecule has 0 saturated carbocycles. The van der Waals surface area contributed by atoms with Crippen LogP contribution in [0.2, 0.25) is 0 Å². The van der Waals surface area contributed by atoms with Gasteiger partial charge in [-0.25, -0.2) is 9.78 Å². The van der Waals surface area contributed by atoms with E-state index in [-0.39, 0.29) is 18.1 Å². The Morgan fingerprint density at radius 1 is 1.09 bits per heavy atom. The quantitative estimate of drug-likeness (QED) is 0.289. The lowest BCUT2D eigenvalue weighted by Gasteiger charge is -2.10. The standard InChI is InChI=1S/C23H19N7O3S2/c1-13-7-8-16-17(9-13)35-22(25-16)27-20(32)12-34-23-29-28-18(30(23)15-5-3-2-4-6-15)10-14-11-19(31)26-21(33)24-14/h2-9,11H,10,12H2,1H3,(H,25,27,32)(H2,24,26,31,33). The van der Waals surface area contributed by atoms with Gasteiger partial charge in [-0.2, -0.15) is 0 Å². The number of benzene rings is 2. The van der Waals surface area contributed by atoms with Gasteiger partial charge in [0.15, 0.2) is 10.3 Å². The van der Waals surface area contributed by atoms with Crippen molar-refractivity contribution in [1.82, 2.24) is 29.7 Å². The predicted octanol–water partition coefficient (Wildman–Crippen LogP) is 2.88. The number of thiazole rings is 1. The number of nitrogens with one attached hydrogen (secondary N) is 3. The van der Waals surface area contributed by atoms with Gasteiger partial charge in [0.2, 0.25) is 5.91 Å². The van der Waals surface area contributed by atoms with E-state index in [1.807, 2.05) is 55.5 Å². The molecule has 0 fully saturated rings. The van der Waals surface area contributed by atoms with Gasteiger partial charge in [-0.3, -0.25) is 19.1 Å². The molecule has 3 aromatic heterocycles. The first kappa shape index (κ1) is 22.7. The number of thioether (sulfide) groups is 1. The van der Waals surface area contributed by atoms with Crippen LogP contribution in [0.3, 0.4) is 0 Å². The van der Waals surface area contributed by atoms with Crippen LogP contribution in [0.4, 0.5) is 5.13 Å². The minimum atomic E-state index is -0.588. The first-order chi connectivity index (χ1) is 16.9. The number of carbonyl (C=O) groups excluding carboxylic acids is 1. The van der Waals surface area contributed by atoms with Gasteiger partial charge in [0, 0.05) is 23.9 Å². The van der Waals surface area contributed by atoms with E-state index in [0.29, 0.717) is 21.8 Å². The second-order valence-electron chi connectivity index (χ2n) is 7.69. The highest BCUT2D eigenvalue weighted by Gasteiger charge is 2.17. The van der Waals surface area contributed by atoms with Crippen LogP contribution in [0.1, 0.15) is 17.1 Å². The molecule has 0 saturated heterocycles. The number of aromatic amines is 2. The summed E-state index contributed by atoms with van der Waals surface area (Å²) in [5, 5.41) is 12.4. The smallest absolute Gasteiger partial charge is 0.311 e. The summed E-state index contributed by atoms with van der Waals surface area (Å²) >= 11 is 2.66. The molecule has 0 bridgehead atoms. The molecule has 0 aliphatic carbocycles. The van der Waals surface area contributed by atoms with Crippen LogP contribution in [0.5, 0.6) is 0 Å². The van der Waals surface area contributed by atoms with Crippen molar-refractivity contribution < 1.29 is 4.79 Å². The molecule has 0 radical (unpaired) electrons. The average molecular weight is 506 g/mol. The van der Waals surface area contributed by atoms with E-state index in [9.17, 15) is 14.4 Å². The van der Waals surface area contributed by atoms with Crippen molar-refractivity contribution in [3.05, 3.63) is 92.5 Å². The van der Waals surface area contributed by atoms with Crippen molar-refractivity contribution in [3.63, 3.8) is 0 Å². The molecule has 12 heteroatoms. The minimum Gasteiger partial charge on any atom is -0.311 e. The van der Waals surface area contributed by atoms with E-state index in [0.717, 1.165) is 21.5 Å². The van der Waals surface area contributed by atoms with Crippen LogP contribution >= 0.6 is 23.1 Å². The number of hydrogen-bond acceptors (Lipinski definition) is 8. The van der Waals surface area contributed by atoms with Crippen LogP contribution in [0.25, 0.3) is 15.9 Å². The third kappa shape index (κ3) is 5.23. The van der Waals surface area contributed by atoms with Crippen LogP contribution < -0.4 is 16.6 Å². The number of fused-ring (bicyclic) bond motifs is 1. The maximum absolute atomic E-state index is 12.6. The average Bonchev–Trinajstić information content (AvgIpc) is 3.40. The number of para-hydroxylation sites is 1. The molecular weight excluding hydrogens is 486 g/mol. The van der Waals surface area contributed by atoms with Crippen molar-refractivity contribution in [2.45, 2.75) is 18.5 Å². The Kier molecular flexibility index (Phi) is 6.29. The first-order valence-electron chi connectivity index (χ1n) is 10.6. The fourth-order valence-electron chi connectivity index (χ4n) is 3.50. The molecule has 0 aliphatic rings. The Bertz CT molecular complexity index is 1610. The number of H-pyrrole nitrogens is 2. The van der Waals surface area contributed by atoms with E-state index in [1.54, 1.807) is 4.57 Å². The largest absolute Gasteiger partial charge is 0.325 e. The van der Waals surface area contributed by atoms with E-state index in [2.05, 4.69) is 30.5 Å². The summed E-state index contributed by atoms with van der Waals surface area (Å²) in [6, 6.07) is 16.7. The van der Waals surface area contributed by atoms with Crippen molar-refractivity contribution in [2.24, 2.45) is 0 Å². The lowest BCUT2D eigenvalue weighted by molar-refractivity contribution is -0.113. The summed E-state index contributed by atoms with van der Waals surface area (Å²) in [5.74, 6) is 0.401. The Morgan fingerprint density at radius 2 is 1.91 bits per heavy atom. The van der Waals surface area contributed by atoms with Gasteiger partial charge >= 0.3 is 5.69 Å². The summed E-state index contributed by atoms with van der Waals surface area (Å²) < 4.78 is 2.82. The third-order valence-corrected chi connectivity index (χ3v) is 6.86. The van der Waals surface area contributed by atoms with Gasteiger partial charge in [-0.05, 0) is 36.8 Å². The number of amides is 1. The molecule has 5 aromatic rings. The molecule has 0 aliphatic heterocycles. The highest BCUT2D eigenvalue weighted by molar-refractivity contribution is 7.99. The second kappa shape index (κ2) is 9.68. The van der Waals surface area contributed by atoms with Crippen molar-refractivity contribution in [2.75, 3.05) is 11.1 Å². The lowest BCUT2D eigenvalue weighted by atomic mass is 10.2. The fraction of sp³-hybridized carbons (Fsp3) is 0.130. The first-order valence-corrected chi connectivity index (χ1v) is 12.4. The monoisotopic (exact) mass is 505 g/mol. The minimum absolute atomic E-state index is 0.0990. The number of aromatic nitrogens is 6. The molecule has 2 aromatic carbocycles. The maximum atomic E-state index is 12.6. The molecular formula is C23H19N7O3S2. The van der Waals surface area contributed by atoms with Gasteiger partial charge in [-0.1, -0.05) is 47.4 Å². The summed E-state index contributed by atoms with van der Waals surface area (Å²) in [6.07, 6.45) is 0.179. The number of anilines is 1. The zero-order chi connectivity index (χ0) is 24.4. The number of nitrogens with zero attached hydrogens (tertiary/aromatic N) is 4. The maximum Gasteiger partial charge on any atom is 0.325 e. The summed E-state index contributed by atoms with van der Waals surface area (Å²) in [6.45, 7) is 2.01. The third-order valence-electron chi connectivity index (χ3n) is 5.00. The second-order valence-corrected chi connectivity index (χ2v) is 9.66. The van der Waals surface area contributed by atoms with Crippen LogP contribution in [0, 0.1) is 6.92 Å². The van der Waals surface area contributed by atoms with Crippen molar-refractivity contribution in [1.29, 1.82) is 0 Å². The molecule has 35 heavy (non-hydrogen) atoms. The molecule has 3 heterocycles. The summed E-state index contributed by atoms with van der Waals surface area (Å²) in [4.78, 5) is 45.2. The molecule has 10 nitrogen and oxygen atoms in total. The number of carbonyl (C=O) groups is 1. The van der Waals surface area contributed by atoms with Gasteiger partial charge in [-0.15, -0.1) is 10.2 Å².